The van der Waals surface area contributed by atoms with Crippen LogP contribution in [0, 0.1) is 0 Å². The first-order chi connectivity index (χ1) is 17.3. The molecule has 1 unspecified atom stereocenters. The number of carboxylic acid groups (broad SMARTS) is 1. The lowest BCUT2D eigenvalue weighted by atomic mass is 9.83. The molecule has 190 valence electrons. The molecule has 0 amide bonds. The number of allylic oxidation sites excluding steroid dienone is 4. The molecule has 0 aliphatic heterocycles. The fraction of sp³-hybridized carbons (Fsp3) is 0.310. The van der Waals surface area contributed by atoms with Gasteiger partial charge in [0.1, 0.15) is 11.6 Å². The van der Waals surface area contributed by atoms with E-state index in [1.54, 1.807) is 36.4 Å². The van der Waals surface area contributed by atoms with E-state index >= 15 is 8.78 Å². The van der Waals surface area contributed by atoms with Crippen molar-refractivity contribution < 1.29 is 33.0 Å². The van der Waals surface area contributed by atoms with Crippen molar-refractivity contribution in [2.24, 2.45) is 0 Å². The minimum atomic E-state index is -2.28. The molecule has 1 aliphatic rings. The van der Waals surface area contributed by atoms with Crippen molar-refractivity contribution >= 4 is 17.5 Å². The summed E-state index contributed by atoms with van der Waals surface area (Å²) in [5.74, 6) is -1.60. The van der Waals surface area contributed by atoms with Crippen LogP contribution in [-0.4, -0.2) is 30.3 Å². The Morgan fingerprint density at radius 1 is 1.03 bits per heavy atom. The van der Waals surface area contributed by atoms with Crippen LogP contribution in [0.4, 0.5) is 8.78 Å². The van der Waals surface area contributed by atoms with E-state index in [0.717, 1.165) is 11.6 Å². The summed E-state index contributed by atoms with van der Waals surface area (Å²) in [5, 5.41) is 8.77. The van der Waals surface area contributed by atoms with Gasteiger partial charge in [-0.05, 0) is 54.5 Å². The number of hydrogen-bond acceptors (Lipinski definition) is 4. The van der Waals surface area contributed by atoms with Gasteiger partial charge in [0.05, 0.1) is 13.2 Å². The number of aliphatic carboxylic acids is 1. The Balaban J connectivity index is 1.61. The largest absolute Gasteiger partial charge is 0.494 e. The average Bonchev–Trinajstić information content (AvgIpc) is 2.88. The fourth-order valence-corrected chi connectivity index (χ4v) is 3.92. The summed E-state index contributed by atoms with van der Waals surface area (Å²) in [6, 6.07) is 13.4. The molecule has 7 heteroatoms. The minimum Gasteiger partial charge on any atom is -0.494 e. The van der Waals surface area contributed by atoms with E-state index in [0.29, 0.717) is 43.6 Å². The minimum absolute atomic E-state index is 0.0890. The normalized spacial score (nSPS) is 17.1. The molecule has 0 fully saturated rings. The van der Waals surface area contributed by atoms with E-state index in [-0.39, 0.29) is 30.6 Å². The van der Waals surface area contributed by atoms with Gasteiger partial charge in [-0.15, -0.1) is 0 Å². The Hall–Kier alpha value is -3.74. The zero-order valence-electron chi connectivity index (χ0n) is 20.1. The first kappa shape index (κ1) is 26.9. The predicted molar refractivity (Wildman–Crippen MR) is 134 cm³/mol. The topological polar surface area (TPSA) is 72.8 Å². The van der Waals surface area contributed by atoms with Gasteiger partial charge in [-0.3, -0.25) is 4.79 Å². The van der Waals surface area contributed by atoms with Crippen molar-refractivity contribution in [3.63, 3.8) is 0 Å². The van der Waals surface area contributed by atoms with Gasteiger partial charge < -0.3 is 14.6 Å². The zero-order valence-corrected chi connectivity index (χ0v) is 20.1. The quantitative estimate of drug-likeness (QED) is 0.195. The third kappa shape index (κ3) is 7.13. The molecule has 1 N–H and O–H groups in total. The SMILES string of the molecule is C=CC(=O)OCCCCOc1ccc(C2(F)CC=CC(c3ccc(CCCC(=O)O)cc3)=C2F)cc1. The first-order valence-electron chi connectivity index (χ1n) is 11.9. The molecule has 36 heavy (non-hydrogen) atoms. The van der Waals surface area contributed by atoms with Crippen molar-refractivity contribution in [1.29, 1.82) is 0 Å². The standard InChI is InChI=1S/C29H30F2O5/c1-2-27(34)36-20-4-3-19-35-24-16-14-23(15-17-24)29(31)18-6-8-25(28(29)30)22-12-10-21(11-13-22)7-5-9-26(32)33/h2,6,8,10-17H,1,3-5,7,9,18-20H2,(H,32,33). The molecule has 1 atom stereocenters. The number of carbonyl (C=O) groups is 2. The van der Waals surface area contributed by atoms with Crippen LogP contribution in [-0.2, 0) is 26.4 Å². The smallest absolute Gasteiger partial charge is 0.330 e. The number of hydrogen-bond donors (Lipinski definition) is 1. The van der Waals surface area contributed by atoms with Crippen LogP contribution in [0.5, 0.6) is 5.75 Å². The number of alkyl halides is 1. The number of rotatable bonds is 13. The van der Waals surface area contributed by atoms with Gasteiger partial charge in [0.2, 0.25) is 0 Å². The summed E-state index contributed by atoms with van der Waals surface area (Å²) in [6.07, 6.45) is 6.74. The van der Waals surface area contributed by atoms with E-state index < -0.39 is 23.4 Å². The Labute approximate surface area is 209 Å². The molecule has 0 saturated heterocycles. The van der Waals surface area contributed by atoms with Gasteiger partial charge in [-0.2, -0.15) is 0 Å². The molecule has 0 aromatic heterocycles. The monoisotopic (exact) mass is 496 g/mol. The van der Waals surface area contributed by atoms with E-state index in [2.05, 4.69) is 6.58 Å². The van der Waals surface area contributed by atoms with Crippen LogP contribution < -0.4 is 4.74 Å². The molecule has 2 aromatic carbocycles. The molecule has 3 rings (SSSR count). The summed E-state index contributed by atoms with van der Waals surface area (Å²) >= 11 is 0. The van der Waals surface area contributed by atoms with E-state index in [9.17, 15) is 9.59 Å². The number of unbranched alkanes of at least 4 members (excludes halogenated alkanes) is 1. The number of esters is 1. The third-order valence-electron chi connectivity index (χ3n) is 5.92. The van der Waals surface area contributed by atoms with Gasteiger partial charge in [-0.1, -0.05) is 55.1 Å². The molecular weight excluding hydrogens is 466 g/mol. The number of benzene rings is 2. The Morgan fingerprint density at radius 3 is 2.39 bits per heavy atom. The molecule has 0 bridgehead atoms. The number of carbonyl (C=O) groups excluding carboxylic acids is 1. The first-order valence-corrected chi connectivity index (χ1v) is 11.9. The Morgan fingerprint density at radius 2 is 1.72 bits per heavy atom. The van der Waals surface area contributed by atoms with Gasteiger partial charge in [0, 0.05) is 24.5 Å². The molecule has 0 saturated carbocycles. The van der Waals surface area contributed by atoms with Crippen LogP contribution in [0.2, 0.25) is 0 Å². The molecule has 5 nitrogen and oxygen atoms in total. The van der Waals surface area contributed by atoms with Crippen LogP contribution in [0.3, 0.4) is 0 Å². The summed E-state index contributed by atoms with van der Waals surface area (Å²) < 4.78 is 42.0. The van der Waals surface area contributed by atoms with Crippen molar-refractivity contribution in [2.75, 3.05) is 13.2 Å². The number of halogens is 2. The van der Waals surface area contributed by atoms with Crippen molar-refractivity contribution in [1.82, 2.24) is 0 Å². The lowest BCUT2D eigenvalue weighted by Gasteiger charge is -2.28. The number of aryl methyl sites for hydroxylation is 1. The molecule has 2 aromatic rings. The summed E-state index contributed by atoms with van der Waals surface area (Å²) in [7, 11) is 0. The van der Waals surface area contributed by atoms with E-state index in [1.807, 2.05) is 12.1 Å². The lowest BCUT2D eigenvalue weighted by molar-refractivity contribution is -0.138. The highest BCUT2D eigenvalue weighted by atomic mass is 19.2. The Bertz CT molecular complexity index is 1120. The third-order valence-corrected chi connectivity index (χ3v) is 5.92. The van der Waals surface area contributed by atoms with Gasteiger partial charge in [-0.25, -0.2) is 13.6 Å². The zero-order chi connectivity index (χ0) is 26.0. The van der Waals surface area contributed by atoms with Crippen LogP contribution in [0.25, 0.3) is 5.57 Å². The second-order valence-corrected chi connectivity index (χ2v) is 8.53. The highest BCUT2D eigenvalue weighted by Gasteiger charge is 2.40. The summed E-state index contributed by atoms with van der Waals surface area (Å²) in [6.45, 7) is 4.02. The number of carboxylic acids is 1. The Kier molecular flexibility index (Phi) is 9.56. The van der Waals surface area contributed by atoms with E-state index in [4.69, 9.17) is 14.6 Å². The summed E-state index contributed by atoms with van der Waals surface area (Å²) in [4.78, 5) is 21.7. The van der Waals surface area contributed by atoms with Gasteiger partial charge in [0.25, 0.3) is 0 Å². The predicted octanol–water partition coefficient (Wildman–Crippen LogP) is 6.49. The molecule has 0 heterocycles. The molecule has 0 radical (unpaired) electrons. The molecular formula is C29H30F2O5. The van der Waals surface area contributed by atoms with Gasteiger partial charge >= 0.3 is 11.9 Å². The second-order valence-electron chi connectivity index (χ2n) is 8.53. The van der Waals surface area contributed by atoms with Crippen molar-refractivity contribution in [3.8, 4) is 5.75 Å². The molecule has 1 aliphatic carbocycles. The average molecular weight is 497 g/mol. The maximum absolute atomic E-state index is 15.9. The van der Waals surface area contributed by atoms with Crippen LogP contribution in [0.1, 0.15) is 48.8 Å². The van der Waals surface area contributed by atoms with Crippen molar-refractivity contribution in [3.05, 3.63) is 95.9 Å². The van der Waals surface area contributed by atoms with Crippen molar-refractivity contribution in [2.45, 2.75) is 44.2 Å². The maximum Gasteiger partial charge on any atom is 0.330 e. The molecule has 0 spiro atoms. The second kappa shape index (κ2) is 12.8. The summed E-state index contributed by atoms with van der Waals surface area (Å²) in [5.41, 5.74) is -0.376. The fourth-order valence-electron chi connectivity index (χ4n) is 3.92. The highest BCUT2D eigenvalue weighted by Crippen LogP contribution is 2.45. The van der Waals surface area contributed by atoms with Gasteiger partial charge in [0.15, 0.2) is 5.67 Å². The van der Waals surface area contributed by atoms with Crippen LogP contribution >= 0.6 is 0 Å². The highest BCUT2D eigenvalue weighted by molar-refractivity contribution is 5.81. The maximum atomic E-state index is 15.9. The lowest BCUT2D eigenvalue weighted by Crippen LogP contribution is -2.23. The number of ether oxygens (including phenoxy) is 2. The van der Waals surface area contributed by atoms with Crippen LogP contribution in [0.15, 0.2) is 79.2 Å². The van der Waals surface area contributed by atoms with E-state index in [1.165, 1.54) is 12.1 Å².